The van der Waals surface area contributed by atoms with Gasteiger partial charge in [0.05, 0.1) is 25.3 Å². The van der Waals surface area contributed by atoms with Crippen LogP contribution in [-0.2, 0) is 28.0 Å². The third kappa shape index (κ3) is 12.3. The zero-order valence-electron chi connectivity index (χ0n) is 20.1. The average molecular weight is 490 g/mol. The Hall–Kier alpha value is -1.81. The Kier molecular flexibility index (Phi) is 12.8. The minimum atomic E-state index is -3.84. The van der Waals surface area contributed by atoms with Crippen LogP contribution in [-0.4, -0.2) is 55.8 Å². The summed E-state index contributed by atoms with van der Waals surface area (Å²) in [5, 5.41) is 5.46. The van der Waals surface area contributed by atoms with Crippen molar-refractivity contribution in [3.63, 3.8) is 0 Å². The van der Waals surface area contributed by atoms with Crippen molar-refractivity contribution in [2.24, 2.45) is 34.2 Å². The van der Waals surface area contributed by atoms with Gasteiger partial charge in [-0.15, -0.1) is 0 Å². The second-order valence-electron chi connectivity index (χ2n) is 9.17. The molecule has 0 aromatic carbocycles. The molecule has 1 aliphatic rings. The molecule has 1 fully saturated rings. The summed E-state index contributed by atoms with van der Waals surface area (Å²) in [6.45, 7) is 7.64. The van der Waals surface area contributed by atoms with Gasteiger partial charge in [0.15, 0.2) is 11.7 Å². The second-order valence-corrected chi connectivity index (χ2v) is 10.9. The van der Waals surface area contributed by atoms with Crippen molar-refractivity contribution in [2.75, 3.05) is 19.8 Å². The first kappa shape index (κ1) is 29.2. The standard InChI is InChI=1S/C21H40N5O6P/c1-14(2)8-17-10-20(29)19(25-16(4)28)9-15(3)12-31-33(30,32-13-17)26-18(11-27)6-5-7-24-21(22)23/h11,14-15,17-19H,5-10,12-13H2,1-4H3,(H,25,28)(H,26,30)(H4,22,23,24). The maximum atomic E-state index is 13.5. The van der Waals surface area contributed by atoms with Crippen LogP contribution in [0.1, 0.15) is 59.8 Å². The Morgan fingerprint density at radius 1 is 1.30 bits per heavy atom. The zero-order chi connectivity index (χ0) is 25.0. The van der Waals surface area contributed by atoms with Gasteiger partial charge in [-0.25, -0.2) is 9.65 Å². The van der Waals surface area contributed by atoms with Gasteiger partial charge in [0.2, 0.25) is 5.91 Å². The summed E-state index contributed by atoms with van der Waals surface area (Å²) in [6, 6.07) is -1.41. The van der Waals surface area contributed by atoms with E-state index < -0.39 is 19.8 Å². The Balaban J connectivity index is 3.00. The minimum absolute atomic E-state index is 0.0228. The van der Waals surface area contributed by atoms with E-state index in [-0.39, 0.29) is 55.0 Å². The summed E-state index contributed by atoms with van der Waals surface area (Å²) in [5.74, 6) is -0.525. The number of nitrogens with two attached hydrogens (primary N) is 2. The Morgan fingerprint density at radius 2 is 1.97 bits per heavy atom. The average Bonchev–Trinajstić information content (AvgIpc) is 2.72. The van der Waals surface area contributed by atoms with E-state index >= 15 is 0 Å². The normalized spacial score (nSPS) is 27.9. The highest BCUT2D eigenvalue weighted by molar-refractivity contribution is 7.51. The van der Waals surface area contributed by atoms with Crippen LogP contribution in [0.5, 0.6) is 0 Å². The number of Topliss-reactive ketones (excluding diaryl/α,β-unsaturated/α-hetero) is 1. The lowest BCUT2D eigenvalue weighted by Crippen LogP contribution is -2.42. The van der Waals surface area contributed by atoms with Crippen LogP contribution in [0, 0.1) is 17.8 Å². The summed E-state index contributed by atoms with van der Waals surface area (Å²) in [7, 11) is -3.84. The topological polar surface area (TPSA) is 175 Å². The van der Waals surface area contributed by atoms with E-state index in [1.165, 1.54) is 6.92 Å². The first-order valence-electron chi connectivity index (χ1n) is 11.4. The Bertz CT molecular complexity index is 728. The molecule has 0 bridgehead atoms. The molecule has 190 valence electrons. The van der Waals surface area contributed by atoms with Crippen molar-refractivity contribution in [2.45, 2.75) is 71.9 Å². The maximum absolute atomic E-state index is 13.5. The molecule has 6 N–H and O–H groups in total. The first-order chi connectivity index (χ1) is 15.4. The molecule has 0 radical (unpaired) electrons. The van der Waals surface area contributed by atoms with Gasteiger partial charge in [-0.3, -0.25) is 23.6 Å². The molecule has 0 spiro atoms. The van der Waals surface area contributed by atoms with Crippen LogP contribution in [0.4, 0.5) is 0 Å². The number of nitrogens with zero attached hydrogens (tertiary/aromatic N) is 1. The van der Waals surface area contributed by atoms with Crippen molar-refractivity contribution in [3.8, 4) is 0 Å². The van der Waals surface area contributed by atoms with Crippen LogP contribution in [0.3, 0.4) is 0 Å². The highest BCUT2D eigenvalue weighted by Gasteiger charge is 2.34. The van der Waals surface area contributed by atoms with Gasteiger partial charge >= 0.3 is 7.75 Å². The number of rotatable bonds is 10. The fraction of sp³-hybridized carbons (Fsp3) is 0.810. The minimum Gasteiger partial charge on any atom is -0.370 e. The predicted molar refractivity (Wildman–Crippen MR) is 126 cm³/mol. The molecule has 0 aromatic rings. The van der Waals surface area contributed by atoms with Gasteiger partial charge in [-0.2, -0.15) is 0 Å². The summed E-state index contributed by atoms with van der Waals surface area (Å²) < 4.78 is 24.9. The van der Waals surface area contributed by atoms with E-state index in [9.17, 15) is 18.9 Å². The fourth-order valence-electron chi connectivity index (χ4n) is 3.72. The van der Waals surface area contributed by atoms with Crippen LogP contribution in [0.2, 0.25) is 0 Å². The van der Waals surface area contributed by atoms with Crippen molar-refractivity contribution in [1.29, 1.82) is 0 Å². The third-order valence-electron chi connectivity index (χ3n) is 5.16. The molecule has 5 atom stereocenters. The van der Waals surface area contributed by atoms with E-state index in [1.807, 2.05) is 20.8 Å². The number of guanidine groups is 1. The fourth-order valence-corrected chi connectivity index (χ4v) is 5.39. The summed E-state index contributed by atoms with van der Waals surface area (Å²) in [5.41, 5.74) is 10.6. The monoisotopic (exact) mass is 489 g/mol. The van der Waals surface area contributed by atoms with E-state index in [0.717, 1.165) is 0 Å². The van der Waals surface area contributed by atoms with E-state index in [0.29, 0.717) is 38.5 Å². The lowest BCUT2D eigenvalue weighted by Gasteiger charge is -2.25. The Labute approximate surface area is 196 Å². The molecular weight excluding hydrogens is 449 g/mol. The van der Waals surface area contributed by atoms with Gasteiger partial charge in [0.25, 0.3) is 0 Å². The number of hydrogen-bond acceptors (Lipinski definition) is 7. The van der Waals surface area contributed by atoms with Gasteiger partial charge in [-0.1, -0.05) is 20.8 Å². The summed E-state index contributed by atoms with van der Waals surface area (Å²) in [4.78, 5) is 40.0. The molecule has 11 nitrogen and oxygen atoms in total. The molecular formula is C21H40N5O6P. The number of nitrogens with one attached hydrogen (secondary N) is 2. The van der Waals surface area contributed by atoms with E-state index in [1.54, 1.807) is 0 Å². The molecule has 1 heterocycles. The molecule has 5 unspecified atom stereocenters. The largest absolute Gasteiger partial charge is 0.406 e. The molecule has 1 saturated heterocycles. The van der Waals surface area contributed by atoms with Crippen molar-refractivity contribution in [3.05, 3.63) is 0 Å². The van der Waals surface area contributed by atoms with Crippen LogP contribution in [0.15, 0.2) is 4.99 Å². The lowest BCUT2D eigenvalue weighted by atomic mass is 9.89. The van der Waals surface area contributed by atoms with Gasteiger partial charge in [0.1, 0.15) is 6.29 Å². The predicted octanol–water partition coefficient (Wildman–Crippen LogP) is 1.50. The Morgan fingerprint density at radius 3 is 2.55 bits per heavy atom. The molecule has 0 saturated carbocycles. The van der Waals surface area contributed by atoms with Gasteiger partial charge < -0.3 is 21.6 Å². The highest BCUT2D eigenvalue weighted by atomic mass is 31.2. The maximum Gasteiger partial charge on any atom is 0.406 e. The quantitative estimate of drug-likeness (QED) is 0.116. The first-order valence-corrected chi connectivity index (χ1v) is 13.0. The third-order valence-corrected chi connectivity index (χ3v) is 6.79. The SMILES string of the molecule is CC(=O)NC1CC(C)COP(=O)(NC(C=O)CCCN=C(N)N)OCC(CC(C)C)CC1=O. The molecule has 0 aromatic heterocycles. The molecule has 1 aliphatic heterocycles. The summed E-state index contributed by atoms with van der Waals surface area (Å²) >= 11 is 0. The number of amides is 1. The number of carbonyl (C=O) groups excluding carboxylic acids is 3. The smallest absolute Gasteiger partial charge is 0.370 e. The van der Waals surface area contributed by atoms with E-state index in [2.05, 4.69) is 15.4 Å². The van der Waals surface area contributed by atoms with Gasteiger partial charge in [-0.05, 0) is 43.4 Å². The van der Waals surface area contributed by atoms with Crippen molar-refractivity contribution in [1.82, 2.24) is 10.4 Å². The highest BCUT2D eigenvalue weighted by Crippen LogP contribution is 2.46. The summed E-state index contributed by atoms with van der Waals surface area (Å²) in [6.07, 6.45) is 2.69. The number of carbonyl (C=O) groups is 3. The van der Waals surface area contributed by atoms with Crippen molar-refractivity contribution >= 4 is 31.7 Å². The second kappa shape index (κ2) is 14.5. The number of aliphatic imine (C=N–C) groups is 1. The van der Waals surface area contributed by atoms with E-state index in [4.69, 9.17) is 20.5 Å². The van der Waals surface area contributed by atoms with Crippen LogP contribution in [0.25, 0.3) is 0 Å². The zero-order valence-corrected chi connectivity index (χ0v) is 21.0. The van der Waals surface area contributed by atoms with Crippen molar-refractivity contribution < 1.29 is 28.0 Å². The number of aldehydes is 1. The van der Waals surface area contributed by atoms with Gasteiger partial charge in [0, 0.05) is 19.9 Å². The molecule has 12 heteroatoms. The number of hydrogen-bond donors (Lipinski definition) is 4. The lowest BCUT2D eigenvalue weighted by molar-refractivity contribution is -0.128. The van der Waals surface area contributed by atoms with Crippen LogP contribution < -0.4 is 21.9 Å². The molecule has 1 rings (SSSR count). The molecule has 33 heavy (non-hydrogen) atoms. The number of ketones is 1. The van der Waals surface area contributed by atoms with Crippen LogP contribution >= 0.6 is 7.75 Å². The molecule has 0 aliphatic carbocycles. The molecule has 1 amide bonds.